The van der Waals surface area contributed by atoms with Crippen molar-refractivity contribution < 1.29 is 4.79 Å². The van der Waals surface area contributed by atoms with Gasteiger partial charge in [0.25, 0.3) is 5.56 Å². The summed E-state index contributed by atoms with van der Waals surface area (Å²) < 4.78 is 3.69. The molecule has 1 aromatic carbocycles. The zero-order valence-corrected chi connectivity index (χ0v) is 14.9. The second-order valence-electron chi connectivity index (χ2n) is 5.80. The van der Waals surface area contributed by atoms with Crippen molar-refractivity contribution >= 4 is 34.4 Å². The fourth-order valence-corrected chi connectivity index (χ4v) is 2.97. The Morgan fingerprint density at radius 1 is 1.20 bits per heavy atom. The maximum Gasteiger partial charge on any atom is 0.332 e. The molecule has 2 heterocycles. The summed E-state index contributed by atoms with van der Waals surface area (Å²) >= 11 is 6.29. The summed E-state index contributed by atoms with van der Waals surface area (Å²) in [7, 11) is 2.91. The molecular weight excluding hydrogens is 346 g/mol. The molecule has 25 heavy (non-hydrogen) atoms. The molecule has 8 nitrogen and oxygen atoms in total. The van der Waals surface area contributed by atoms with E-state index in [0.717, 1.165) is 10.1 Å². The first-order chi connectivity index (χ1) is 11.7. The smallest absolute Gasteiger partial charge is 0.325 e. The molecule has 3 aromatic rings. The zero-order chi connectivity index (χ0) is 18.5. The largest absolute Gasteiger partial charge is 0.332 e. The molecule has 0 bridgehead atoms. The van der Waals surface area contributed by atoms with Gasteiger partial charge in [0.2, 0.25) is 11.2 Å². The molecule has 1 N–H and O–H groups in total. The number of rotatable bonds is 2. The van der Waals surface area contributed by atoms with E-state index >= 15 is 0 Å². The Kier molecular flexibility index (Phi) is 4.00. The quantitative estimate of drug-likeness (QED) is 0.697. The van der Waals surface area contributed by atoms with Crippen molar-refractivity contribution in [2.75, 3.05) is 5.32 Å². The van der Waals surface area contributed by atoms with Crippen LogP contribution in [-0.2, 0) is 18.9 Å². The first-order valence-electron chi connectivity index (χ1n) is 7.45. The average Bonchev–Trinajstić information content (AvgIpc) is 2.89. The van der Waals surface area contributed by atoms with E-state index in [1.54, 1.807) is 12.1 Å². The number of fused-ring (bicyclic) bond motifs is 1. The number of hydrogen-bond acceptors (Lipinski definition) is 4. The number of nitrogens with one attached hydrogen (secondary N) is 1. The summed E-state index contributed by atoms with van der Waals surface area (Å²) in [4.78, 5) is 40.4. The van der Waals surface area contributed by atoms with Crippen molar-refractivity contribution in [2.45, 2.75) is 13.8 Å². The summed E-state index contributed by atoms with van der Waals surface area (Å²) in [5.74, 6) is -0.258. The van der Waals surface area contributed by atoms with Crippen molar-refractivity contribution in [3.63, 3.8) is 0 Å². The molecule has 0 aliphatic heterocycles. The molecule has 3 rings (SSSR count). The third-order valence-electron chi connectivity index (χ3n) is 3.92. The molecule has 2 aromatic heterocycles. The number of hydrogen-bond donors (Lipinski definition) is 1. The number of imidazole rings is 1. The summed E-state index contributed by atoms with van der Waals surface area (Å²) in [6, 6.07) is 5.33. The molecule has 1 amide bonds. The number of aryl methyl sites for hydroxylation is 2. The van der Waals surface area contributed by atoms with Crippen molar-refractivity contribution in [3.8, 4) is 5.69 Å². The standard InChI is InChI=1S/C16H16ClN5O3/c1-8-5-6-10(18-9(2)23)11(7-8)22-12-13(19-15(22)17)20(3)16(25)21(4)14(12)24/h5-7H,1-4H3,(H,18,23). The molecule has 130 valence electrons. The summed E-state index contributed by atoms with van der Waals surface area (Å²) in [5.41, 5.74) is 1.20. The van der Waals surface area contributed by atoms with Crippen molar-refractivity contribution in [2.24, 2.45) is 14.1 Å². The Labute approximate surface area is 147 Å². The van der Waals surface area contributed by atoms with Gasteiger partial charge in [-0.25, -0.2) is 4.79 Å². The van der Waals surface area contributed by atoms with Gasteiger partial charge in [-0.05, 0) is 36.2 Å². The van der Waals surface area contributed by atoms with Crippen LogP contribution >= 0.6 is 11.6 Å². The molecule has 0 spiro atoms. The van der Waals surface area contributed by atoms with Gasteiger partial charge in [-0.3, -0.25) is 23.3 Å². The van der Waals surface area contributed by atoms with Gasteiger partial charge < -0.3 is 5.32 Å². The molecule has 0 saturated carbocycles. The number of aromatic nitrogens is 4. The molecule has 0 saturated heterocycles. The van der Waals surface area contributed by atoms with E-state index in [-0.39, 0.29) is 22.4 Å². The molecule has 0 aliphatic rings. The first-order valence-corrected chi connectivity index (χ1v) is 7.82. The van der Waals surface area contributed by atoms with E-state index in [0.29, 0.717) is 11.4 Å². The van der Waals surface area contributed by atoms with E-state index < -0.39 is 11.2 Å². The van der Waals surface area contributed by atoms with E-state index in [1.165, 1.54) is 30.2 Å². The predicted octanol–water partition coefficient (Wildman–Crippen LogP) is 1.34. The average molecular weight is 362 g/mol. The van der Waals surface area contributed by atoms with Crippen LogP contribution in [0.25, 0.3) is 16.9 Å². The van der Waals surface area contributed by atoms with Crippen molar-refractivity contribution in [3.05, 3.63) is 49.9 Å². The first kappa shape index (κ1) is 17.0. The highest BCUT2D eigenvalue weighted by molar-refractivity contribution is 6.29. The number of benzene rings is 1. The van der Waals surface area contributed by atoms with Crippen molar-refractivity contribution in [1.29, 1.82) is 0 Å². The minimum absolute atomic E-state index is 0.0190. The van der Waals surface area contributed by atoms with Crippen LogP contribution in [0.1, 0.15) is 12.5 Å². The second kappa shape index (κ2) is 5.89. The number of carbonyl (C=O) groups is 1. The van der Waals surface area contributed by atoms with Gasteiger partial charge in [-0.2, -0.15) is 4.98 Å². The molecule has 0 aliphatic carbocycles. The van der Waals surface area contributed by atoms with Crippen LogP contribution in [0, 0.1) is 6.92 Å². The lowest BCUT2D eigenvalue weighted by Crippen LogP contribution is -2.37. The Morgan fingerprint density at radius 3 is 2.52 bits per heavy atom. The Balaban J connectivity index is 2.48. The monoisotopic (exact) mass is 361 g/mol. The minimum Gasteiger partial charge on any atom is -0.325 e. The number of anilines is 1. The third kappa shape index (κ3) is 2.64. The highest BCUT2D eigenvalue weighted by atomic mass is 35.5. The second-order valence-corrected chi connectivity index (χ2v) is 6.13. The lowest BCUT2D eigenvalue weighted by atomic mass is 10.2. The molecule has 0 atom stereocenters. The SMILES string of the molecule is CC(=O)Nc1ccc(C)cc1-n1c(Cl)nc2c1c(=O)n(C)c(=O)n2C. The molecule has 0 unspecified atom stereocenters. The summed E-state index contributed by atoms with van der Waals surface area (Å²) in [6.07, 6.45) is 0. The fourth-order valence-electron chi connectivity index (χ4n) is 2.71. The van der Waals surface area contributed by atoms with Crippen molar-refractivity contribution in [1.82, 2.24) is 18.7 Å². The lowest BCUT2D eigenvalue weighted by molar-refractivity contribution is -0.114. The van der Waals surface area contributed by atoms with Crippen LogP contribution in [0.4, 0.5) is 5.69 Å². The van der Waals surface area contributed by atoms with Gasteiger partial charge in [-0.15, -0.1) is 0 Å². The Bertz CT molecular complexity index is 1140. The van der Waals surface area contributed by atoms with Gasteiger partial charge in [-0.1, -0.05) is 6.07 Å². The minimum atomic E-state index is -0.521. The molecule has 0 fully saturated rings. The van der Waals surface area contributed by atoms with Crippen LogP contribution < -0.4 is 16.6 Å². The fraction of sp³-hybridized carbons (Fsp3) is 0.250. The molecular formula is C16H16ClN5O3. The topological polar surface area (TPSA) is 90.9 Å². The van der Waals surface area contributed by atoms with Crippen LogP contribution in [0.3, 0.4) is 0 Å². The normalized spacial score (nSPS) is 11.1. The van der Waals surface area contributed by atoms with Gasteiger partial charge in [0, 0.05) is 21.0 Å². The Hall–Kier alpha value is -2.87. The summed E-state index contributed by atoms with van der Waals surface area (Å²) in [6.45, 7) is 3.27. The number of nitrogens with zero attached hydrogens (tertiary/aromatic N) is 4. The van der Waals surface area contributed by atoms with Crippen LogP contribution in [0.5, 0.6) is 0 Å². The molecule has 0 radical (unpaired) electrons. The van der Waals surface area contributed by atoms with Gasteiger partial charge in [0.15, 0.2) is 11.2 Å². The van der Waals surface area contributed by atoms with Crippen LogP contribution in [0.2, 0.25) is 5.28 Å². The number of halogens is 1. The number of amides is 1. The Morgan fingerprint density at radius 2 is 1.88 bits per heavy atom. The van der Waals surface area contributed by atoms with Crippen LogP contribution in [0.15, 0.2) is 27.8 Å². The summed E-state index contributed by atoms with van der Waals surface area (Å²) in [5, 5.41) is 2.74. The van der Waals surface area contributed by atoms with E-state index in [4.69, 9.17) is 11.6 Å². The van der Waals surface area contributed by atoms with Gasteiger partial charge in [0.1, 0.15) is 0 Å². The van der Waals surface area contributed by atoms with Gasteiger partial charge in [0.05, 0.1) is 11.4 Å². The number of carbonyl (C=O) groups excluding carboxylic acids is 1. The highest BCUT2D eigenvalue weighted by Crippen LogP contribution is 2.28. The van der Waals surface area contributed by atoms with Crippen LogP contribution in [-0.4, -0.2) is 24.6 Å². The third-order valence-corrected chi connectivity index (χ3v) is 4.18. The zero-order valence-electron chi connectivity index (χ0n) is 14.1. The van der Waals surface area contributed by atoms with E-state index in [9.17, 15) is 14.4 Å². The predicted molar refractivity (Wildman–Crippen MR) is 95.6 cm³/mol. The van der Waals surface area contributed by atoms with E-state index in [2.05, 4.69) is 10.3 Å². The van der Waals surface area contributed by atoms with Gasteiger partial charge >= 0.3 is 5.69 Å². The van der Waals surface area contributed by atoms with E-state index in [1.807, 2.05) is 13.0 Å². The maximum absolute atomic E-state index is 12.7. The highest BCUT2D eigenvalue weighted by Gasteiger charge is 2.21. The molecule has 9 heteroatoms. The lowest BCUT2D eigenvalue weighted by Gasteiger charge is -2.13. The maximum atomic E-state index is 12.7.